The van der Waals surface area contributed by atoms with Crippen LogP contribution in [0.4, 0.5) is 0 Å². The summed E-state index contributed by atoms with van der Waals surface area (Å²) in [6.07, 6.45) is 0. The van der Waals surface area contributed by atoms with E-state index in [1.54, 1.807) is 6.07 Å². The van der Waals surface area contributed by atoms with Gasteiger partial charge < -0.3 is 10.2 Å². The number of rotatable bonds is 4. The molecule has 3 aromatic carbocycles. The summed E-state index contributed by atoms with van der Waals surface area (Å²) in [5.41, 5.74) is -0.530. The first-order valence-electron chi connectivity index (χ1n) is 7.89. The van der Waals surface area contributed by atoms with Crippen LogP contribution in [0.25, 0.3) is 0 Å². The minimum atomic E-state index is -5.11. The second-order valence-electron chi connectivity index (χ2n) is 6.12. The summed E-state index contributed by atoms with van der Waals surface area (Å²) in [5.74, 6) is -0.909. The quantitative estimate of drug-likeness (QED) is 0.239. The molecular weight excluding hydrogens is 482 g/mol. The highest BCUT2D eigenvalue weighted by atomic mass is 35.5. The molecule has 5 nitrogen and oxygen atoms in total. The molecule has 3 aromatic rings. The molecule has 0 fully saturated rings. The van der Waals surface area contributed by atoms with Gasteiger partial charge in [0.2, 0.25) is 0 Å². The summed E-state index contributed by atoms with van der Waals surface area (Å²) in [6, 6.07) is 11.5. The molecule has 0 radical (unpaired) electrons. The second-order valence-corrected chi connectivity index (χ2v) is 9.31. The van der Waals surface area contributed by atoms with E-state index in [9.17, 15) is 23.2 Å². The van der Waals surface area contributed by atoms with Crippen molar-refractivity contribution < 1.29 is 23.2 Å². The summed E-state index contributed by atoms with van der Waals surface area (Å²) in [5, 5.41) is 19.8. The monoisotopic (exact) mass is 492 g/mol. The van der Waals surface area contributed by atoms with E-state index in [2.05, 4.69) is 0 Å². The van der Waals surface area contributed by atoms with Gasteiger partial charge in [0.15, 0.2) is 4.75 Å². The minimum Gasteiger partial charge on any atom is -0.508 e. The van der Waals surface area contributed by atoms with Crippen LogP contribution < -0.4 is 0 Å². The van der Waals surface area contributed by atoms with Gasteiger partial charge in [0.05, 0.1) is 10.0 Å². The minimum absolute atomic E-state index is 0.0277. The van der Waals surface area contributed by atoms with Crippen molar-refractivity contribution in [3.8, 4) is 11.5 Å². The van der Waals surface area contributed by atoms with Crippen molar-refractivity contribution in [2.24, 2.45) is 0 Å². The zero-order valence-electron chi connectivity index (χ0n) is 14.3. The number of aromatic hydroxyl groups is 2. The first-order valence-corrected chi connectivity index (χ1v) is 10.8. The van der Waals surface area contributed by atoms with Gasteiger partial charge in [-0.2, -0.15) is 8.42 Å². The van der Waals surface area contributed by atoms with E-state index in [0.29, 0.717) is 0 Å². The molecule has 0 aliphatic heterocycles. The van der Waals surface area contributed by atoms with Crippen molar-refractivity contribution in [2.75, 3.05) is 0 Å². The lowest BCUT2D eigenvalue weighted by molar-refractivity contribution is 0.444. The Morgan fingerprint density at radius 1 is 0.759 bits per heavy atom. The Balaban J connectivity index is 2.65. The number of phenolic OH excluding ortho intramolecular Hbond substituents is 2. The highest BCUT2D eigenvalue weighted by Gasteiger charge is 2.51. The smallest absolute Gasteiger partial charge is 0.283 e. The Bertz CT molecular complexity index is 1190. The molecule has 3 N–H and O–H groups in total. The molecule has 3 rings (SSSR count). The summed E-state index contributed by atoms with van der Waals surface area (Å²) in [4.78, 5) is 0. The lowest BCUT2D eigenvalue weighted by atomic mass is 9.83. The first kappa shape index (κ1) is 22.0. The molecular formula is C19H12Cl4O5S. The van der Waals surface area contributed by atoms with Crippen molar-refractivity contribution in [1.82, 2.24) is 0 Å². The van der Waals surface area contributed by atoms with Gasteiger partial charge in [0, 0.05) is 27.2 Å². The Morgan fingerprint density at radius 3 is 1.90 bits per heavy atom. The van der Waals surface area contributed by atoms with Gasteiger partial charge in [-0.1, -0.05) is 64.6 Å². The largest absolute Gasteiger partial charge is 0.508 e. The average Bonchev–Trinajstić information content (AvgIpc) is 2.59. The van der Waals surface area contributed by atoms with Crippen molar-refractivity contribution >= 4 is 56.5 Å². The number of hydrogen-bond acceptors (Lipinski definition) is 4. The zero-order valence-corrected chi connectivity index (χ0v) is 18.1. The van der Waals surface area contributed by atoms with Crippen LogP contribution in [0.5, 0.6) is 11.5 Å². The maximum atomic E-state index is 13.0. The average molecular weight is 494 g/mol. The number of halogens is 4. The molecule has 1 atom stereocenters. The van der Waals surface area contributed by atoms with Gasteiger partial charge in [-0.3, -0.25) is 4.55 Å². The first-order chi connectivity index (χ1) is 13.5. The highest BCUT2D eigenvalue weighted by Crippen LogP contribution is 2.51. The third-order valence-electron chi connectivity index (χ3n) is 4.32. The maximum Gasteiger partial charge on any atom is 0.283 e. The fourth-order valence-corrected chi connectivity index (χ4v) is 5.68. The van der Waals surface area contributed by atoms with Crippen LogP contribution in [0.2, 0.25) is 20.1 Å². The van der Waals surface area contributed by atoms with Gasteiger partial charge in [0.1, 0.15) is 11.5 Å². The number of benzene rings is 3. The molecule has 0 aliphatic rings. The third kappa shape index (κ3) is 3.77. The Hall–Kier alpha value is -1.67. The molecule has 152 valence electrons. The van der Waals surface area contributed by atoms with Gasteiger partial charge >= 0.3 is 0 Å². The van der Waals surface area contributed by atoms with Crippen LogP contribution >= 0.6 is 46.4 Å². The van der Waals surface area contributed by atoms with Gasteiger partial charge in [0.25, 0.3) is 10.1 Å². The Morgan fingerprint density at radius 2 is 1.34 bits per heavy atom. The summed E-state index contributed by atoms with van der Waals surface area (Å²) in [6.45, 7) is 0. The molecule has 0 aliphatic carbocycles. The van der Waals surface area contributed by atoms with Crippen molar-refractivity contribution in [1.29, 1.82) is 0 Å². The standard InChI is InChI=1S/C19H12Cl4O5S/c20-11-7-15(18(23)17(22)8-11)19(29(26,27)28,14-3-1-2-4-16(14)21)10-5-12(24)9-13(25)6-10/h1-9,24-25H,(H,26,27,28). The van der Waals surface area contributed by atoms with Crippen LogP contribution in [0.3, 0.4) is 0 Å². The second kappa shape index (κ2) is 7.87. The molecule has 0 aromatic heterocycles. The molecule has 0 spiro atoms. The van der Waals surface area contributed by atoms with Crippen molar-refractivity contribution in [3.63, 3.8) is 0 Å². The van der Waals surface area contributed by atoms with Crippen LogP contribution in [-0.2, 0) is 14.9 Å². The van der Waals surface area contributed by atoms with Crippen LogP contribution in [0.15, 0.2) is 54.6 Å². The lowest BCUT2D eigenvalue weighted by Gasteiger charge is -2.34. The van der Waals surface area contributed by atoms with Crippen LogP contribution in [0, 0.1) is 0 Å². The van der Waals surface area contributed by atoms with E-state index in [1.807, 2.05) is 0 Å². The van der Waals surface area contributed by atoms with Crippen LogP contribution in [0.1, 0.15) is 16.7 Å². The SMILES string of the molecule is O=S(=O)(O)C(c1cc(O)cc(O)c1)(c1ccccc1Cl)c1cc(Cl)cc(Cl)c1Cl. The van der Waals surface area contributed by atoms with E-state index in [4.69, 9.17) is 46.4 Å². The molecule has 0 heterocycles. The van der Waals surface area contributed by atoms with Gasteiger partial charge in [-0.25, -0.2) is 0 Å². The maximum absolute atomic E-state index is 13.0. The van der Waals surface area contributed by atoms with E-state index in [1.165, 1.54) is 30.3 Å². The van der Waals surface area contributed by atoms with E-state index < -0.39 is 26.4 Å². The van der Waals surface area contributed by atoms with Gasteiger partial charge in [-0.15, -0.1) is 0 Å². The summed E-state index contributed by atoms with van der Waals surface area (Å²) in [7, 11) is -5.11. The number of phenols is 2. The molecule has 10 heteroatoms. The lowest BCUT2D eigenvalue weighted by Crippen LogP contribution is -2.39. The highest BCUT2D eigenvalue weighted by molar-refractivity contribution is 7.87. The van der Waals surface area contributed by atoms with E-state index >= 15 is 0 Å². The normalized spacial score (nSPS) is 13.8. The predicted molar refractivity (Wildman–Crippen MR) is 114 cm³/mol. The third-order valence-corrected chi connectivity index (χ3v) is 7.12. The van der Waals surface area contributed by atoms with Crippen LogP contribution in [-0.4, -0.2) is 23.2 Å². The Kier molecular flexibility index (Phi) is 5.98. The topological polar surface area (TPSA) is 94.8 Å². The van der Waals surface area contributed by atoms with E-state index in [-0.39, 0.29) is 36.8 Å². The summed E-state index contributed by atoms with van der Waals surface area (Å²) >= 11 is 24.9. The molecule has 0 bridgehead atoms. The van der Waals surface area contributed by atoms with Crippen molar-refractivity contribution in [3.05, 3.63) is 91.4 Å². The molecule has 0 amide bonds. The summed E-state index contributed by atoms with van der Waals surface area (Å²) < 4.78 is 34.0. The molecule has 29 heavy (non-hydrogen) atoms. The van der Waals surface area contributed by atoms with E-state index in [0.717, 1.165) is 18.2 Å². The Labute approximate surface area is 186 Å². The molecule has 1 unspecified atom stereocenters. The number of hydrogen-bond donors (Lipinski definition) is 3. The molecule has 0 saturated heterocycles. The van der Waals surface area contributed by atoms with Gasteiger partial charge in [-0.05, 0) is 35.9 Å². The fourth-order valence-electron chi connectivity index (χ4n) is 3.24. The van der Waals surface area contributed by atoms with Crippen molar-refractivity contribution in [2.45, 2.75) is 4.75 Å². The predicted octanol–water partition coefficient (Wildman–Crippen LogP) is 5.89. The fraction of sp³-hybridized carbons (Fsp3) is 0.0526. The molecule has 0 saturated carbocycles. The zero-order chi connectivity index (χ0) is 21.6.